The summed E-state index contributed by atoms with van der Waals surface area (Å²) in [5.74, 6) is 3.85. The first-order valence-electron chi connectivity index (χ1n) is 7.59. The largest absolute Gasteiger partial charge is 0.465 e. The number of sulfone groups is 2. The predicted octanol–water partition coefficient (Wildman–Crippen LogP) is 0.570. The first kappa shape index (κ1) is 23.3. The molecule has 0 fully saturated rings. The van der Waals surface area contributed by atoms with Gasteiger partial charge in [-0.1, -0.05) is 12.1 Å². The van der Waals surface area contributed by atoms with Crippen LogP contribution >= 0.6 is 0 Å². The summed E-state index contributed by atoms with van der Waals surface area (Å²) in [7, 11) is -5.32. The fraction of sp³-hybridized carbons (Fsp3) is 0.176. The van der Waals surface area contributed by atoms with Gasteiger partial charge in [-0.15, -0.1) is 0 Å². The van der Waals surface area contributed by atoms with Gasteiger partial charge in [0, 0.05) is 18.1 Å². The van der Waals surface area contributed by atoms with Crippen LogP contribution in [0.1, 0.15) is 20.7 Å². The zero-order valence-corrected chi connectivity index (χ0v) is 17.0. The van der Waals surface area contributed by atoms with Crippen molar-refractivity contribution in [2.45, 2.75) is 9.79 Å². The standard InChI is InChI=1S/C9H10O4S.C8H10N2O3S/c1-13-9(10)7-4-3-5-8(6-7)14(2,11)12;1-14(12,13)7-4-2-3-6(5-7)8(11)10-9/h3-6H,1-2H3;2-5H,9H2,1H3,(H,10,11). The second-order valence-corrected chi connectivity index (χ2v) is 9.60. The number of hydrogen-bond donors (Lipinski definition) is 2. The van der Waals surface area contributed by atoms with E-state index in [1.54, 1.807) is 0 Å². The van der Waals surface area contributed by atoms with Crippen molar-refractivity contribution in [3.05, 3.63) is 59.7 Å². The Balaban J connectivity index is 0.000000280. The van der Waals surface area contributed by atoms with Gasteiger partial charge in [-0.05, 0) is 36.4 Å². The minimum absolute atomic E-state index is 0.0959. The molecule has 152 valence electrons. The van der Waals surface area contributed by atoms with E-state index in [0.717, 1.165) is 12.5 Å². The Morgan fingerprint density at radius 3 is 1.68 bits per heavy atom. The van der Waals surface area contributed by atoms with Gasteiger partial charge in [0.15, 0.2) is 19.7 Å². The minimum atomic E-state index is -3.29. The van der Waals surface area contributed by atoms with Crippen LogP contribution in [-0.2, 0) is 24.4 Å². The van der Waals surface area contributed by atoms with E-state index in [0.29, 0.717) is 0 Å². The van der Waals surface area contributed by atoms with E-state index in [1.807, 2.05) is 5.43 Å². The van der Waals surface area contributed by atoms with E-state index in [-0.39, 0.29) is 20.9 Å². The number of rotatable bonds is 4. The molecule has 0 aliphatic rings. The zero-order valence-electron chi connectivity index (χ0n) is 15.4. The van der Waals surface area contributed by atoms with Gasteiger partial charge >= 0.3 is 5.97 Å². The molecule has 0 aromatic heterocycles. The van der Waals surface area contributed by atoms with Crippen LogP contribution in [0.3, 0.4) is 0 Å². The van der Waals surface area contributed by atoms with Gasteiger partial charge in [-0.3, -0.25) is 10.2 Å². The van der Waals surface area contributed by atoms with Crippen LogP contribution in [0.15, 0.2) is 58.3 Å². The number of carbonyl (C=O) groups is 2. The third kappa shape index (κ3) is 6.76. The van der Waals surface area contributed by atoms with Crippen LogP contribution in [0, 0.1) is 0 Å². The Bertz CT molecular complexity index is 991. The maximum absolute atomic E-state index is 11.1. The van der Waals surface area contributed by atoms with Gasteiger partial charge < -0.3 is 4.74 Å². The summed E-state index contributed by atoms with van der Waals surface area (Å²) in [5, 5.41) is 0. The molecular formula is C17H20N2O7S2. The molecule has 3 N–H and O–H groups in total. The van der Waals surface area contributed by atoms with Gasteiger partial charge in [0.1, 0.15) is 0 Å². The zero-order chi connectivity index (χ0) is 21.5. The smallest absolute Gasteiger partial charge is 0.337 e. The Morgan fingerprint density at radius 1 is 0.857 bits per heavy atom. The van der Waals surface area contributed by atoms with Crippen molar-refractivity contribution >= 4 is 31.6 Å². The lowest BCUT2D eigenvalue weighted by Crippen LogP contribution is -2.30. The highest BCUT2D eigenvalue weighted by atomic mass is 32.2. The summed E-state index contributed by atoms with van der Waals surface area (Å²) in [6.45, 7) is 0. The quantitative estimate of drug-likeness (QED) is 0.311. The molecule has 2 aromatic rings. The van der Waals surface area contributed by atoms with Crippen molar-refractivity contribution in [3.8, 4) is 0 Å². The number of hydrogen-bond acceptors (Lipinski definition) is 8. The van der Waals surface area contributed by atoms with Crippen molar-refractivity contribution < 1.29 is 31.2 Å². The second-order valence-electron chi connectivity index (χ2n) is 5.57. The van der Waals surface area contributed by atoms with Crippen molar-refractivity contribution in [2.24, 2.45) is 5.84 Å². The number of hydrazine groups is 1. The molecule has 28 heavy (non-hydrogen) atoms. The molecule has 0 bridgehead atoms. The molecule has 0 saturated heterocycles. The Hall–Kier alpha value is -2.76. The van der Waals surface area contributed by atoms with E-state index in [2.05, 4.69) is 4.74 Å². The highest BCUT2D eigenvalue weighted by molar-refractivity contribution is 7.91. The van der Waals surface area contributed by atoms with E-state index >= 15 is 0 Å². The maximum atomic E-state index is 11.1. The fourth-order valence-corrected chi connectivity index (χ4v) is 3.26. The van der Waals surface area contributed by atoms with E-state index < -0.39 is 31.6 Å². The molecule has 9 nitrogen and oxygen atoms in total. The number of benzene rings is 2. The second kappa shape index (κ2) is 9.44. The first-order chi connectivity index (χ1) is 12.9. The Labute approximate surface area is 163 Å². The molecule has 0 atom stereocenters. The van der Waals surface area contributed by atoms with Crippen LogP contribution in [0.4, 0.5) is 0 Å². The SMILES string of the molecule is COC(=O)c1cccc(S(C)(=O)=O)c1.CS(=O)(=O)c1cccc(C(=O)NN)c1. The fourth-order valence-electron chi connectivity index (χ4n) is 1.92. The monoisotopic (exact) mass is 428 g/mol. The number of amides is 1. The van der Waals surface area contributed by atoms with Crippen LogP contribution in [0.2, 0.25) is 0 Å². The predicted molar refractivity (Wildman–Crippen MR) is 102 cm³/mol. The lowest BCUT2D eigenvalue weighted by molar-refractivity contribution is 0.0600. The van der Waals surface area contributed by atoms with Crippen LogP contribution in [0.5, 0.6) is 0 Å². The first-order valence-corrected chi connectivity index (χ1v) is 11.4. The average molecular weight is 428 g/mol. The number of carbonyl (C=O) groups excluding carboxylic acids is 2. The van der Waals surface area contributed by atoms with E-state index in [9.17, 15) is 26.4 Å². The molecule has 0 unspecified atom stereocenters. The van der Waals surface area contributed by atoms with Gasteiger partial charge in [-0.25, -0.2) is 27.5 Å². The average Bonchev–Trinajstić information content (AvgIpc) is 2.66. The number of nitrogens with one attached hydrogen (secondary N) is 1. The van der Waals surface area contributed by atoms with Crippen molar-refractivity contribution in [1.82, 2.24) is 5.43 Å². The summed E-state index contributed by atoms with van der Waals surface area (Å²) in [6.07, 6.45) is 2.16. The summed E-state index contributed by atoms with van der Waals surface area (Å²) in [4.78, 5) is 22.3. The number of methoxy groups -OCH3 is 1. The normalized spacial score (nSPS) is 11.0. The summed E-state index contributed by atoms with van der Waals surface area (Å²) in [6, 6.07) is 11.4. The summed E-state index contributed by atoms with van der Waals surface area (Å²) >= 11 is 0. The maximum Gasteiger partial charge on any atom is 0.337 e. The molecule has 0 heterocycles. The number of ether oxygens (including phenoxy) is 1. The molecular weight excluding hydrogens is 408 g/mol. The highest BCUT2D eigenvalue weighted by Crippen LogP contribution is 2.12. The molecule has 0 aliphatic carbocycles. The lowest BCUT2D eigenvalue weighted by atomic mass is 10.2. The van der Waals surface area contributed by atoms with Crippen LogP contribution in [-0.4, -0.2) is 48.3 Å². The molecule has 0 saturated carbocycles. The molecule has 0 aliphatic heterocycles. The van der Waals surface area contributed by atoms with Crippen LogP contribution < -0.4 is 11.3 Å². The molecule has 1 amide bonds. The van der Waals surface area contributed by atoms with Crippen LogP contribution in [0.25, 0.3) is 0 Å². The molecule has 2 aromatic carbocycles. The topological polar surface area (TPSA) is 150 Å². The van der Waals surface area contributed by atoms with E-state index in [4.69, 9.17) is 5.84 Å². The minimum Gasteiger partial charge on any atom is -0.465 e. The lowest BCUT2D eigenvalue weighted by Gasteiger charge is -2.01. The third-order valence-corrected chi connectivity index (χ3v) is 5.56. The van der Waals surface area contributed by atoms with Crippen molar-refractivity contribution in [3.63, 3.8) is 0 Å². The van der Waals surface area contributed by atoms with E-state index in [1.165, 1.54) is 55.6 Å². The number of nitrogens with two attached hydrogens (primary N) is 1. The molecule has 0 radical (unpaired) electrons. The van der Waals surface area contributed by atoms with Crippen molar-refractivity contribution in [1.29, 1.82) is 0 Å². The number of nitrogen functional groups attached to an aromatic ring is 1. The van der Waals surface area contributed by atoms with Gasteiger partial charge in [0.2, 0.25) is 0 Å². The van der Waals surface area contributed by atoms with Gasteiger partial charge in [-0.2, -0.15) is 0 Å². The number of esters is 1. The van der Waals surface area contributed by atoms with Crippen molar-refractivity contribution in [2.75, 3.05) is 19.6 Å². The molecule has 0 spiro atoms. The highest BCUT2D eigenvalue weighted by Gasteiger charge is 2.11. The summed E-state index contributed by atoms with van der Waals surface area (Å²) in [5.41, 5.74) is 2.38. The van der Waals surface area contributed by atoms with Gasteiger partial charge in [0.05, 0.1) is 22.5 Å². The molecule has 11 heteroatoms. The Morgan fingerprint density at radius 2 is 1.29 bits per heavy atom. The Kier molecular flexibility index (Phi) is 7.85. The third-order valence-electron chi connectivity index (χ3n) is 3.34. The molecule has 2 rings (SSSR count). The summed E-state index contributed by atoms with van der Waals surface area (Å²) < 4.78 is 49.0. The van der Waals surface area contributed by atoms with Gasteiger partial charge in [0.25, 0.3) is 5.91 Å².